The average molecular weight is 561 g/mol. The van der Waals surface area contributed by atoms with Crippen molar-refractivity contribution in [2.24, 2.45) is 10.1 Å². The standard InChI is InChI=1S/C27H21BrN4O3S/c1-16-8-10-19(11-9-16)26-31-32-24(29)20(25(33)30-27(32)36-26)12-18-13-21(28)23(22(14-18)34-2)35-15-17-6-4-3-5-7-17/h3-14,29H,15H2,1-2H3/b20-12-,29-24?. The molecule has 9 heteroatoms. The van der Waals surface area contributed by atoms with E-state index in [1.165, 1.54) is 16.8 Å². The van der Waals surface area contributed by atoms with Crippen molar-refractivity contribution in [3.05, 3.63) is 99.0 Å². The summed E-state index contributed by atoms with van der Waals surface area (Å²) in [5.41, 5.74) is 3.88. The summed E-state index contributed by atoms with van der Waals surface area (Å²) in [7, 11) is 1.56. The summed E-state index contributed by atoms with van der Waals surface area (Å²) >= 11 is 4.83. The van der Waals surface area contributed by atoms with E-state index in [0.717, 1.165) is 16.7 Å². The Labute approximate surface area is 221 Å². The number of rotatable bonds is 6. The lowest BCUT2D eigenvalue weighted by Crippen LogP contribution is -2.35. The van der Waals surface area contributed by atoms with Crippen molar-refractivity contribution in [1.29, 1.82) is 5.41 Å². The normalized spacial score (nSPS) is 16.1. The van der Waals surface area contributed by atoms with Crippen LogP contribution in [0.2, 0.25) is 0 Å². The van der Waals surface area contributed by atoms with Gasteiger partial charge in [0.25, 0.3) is 5.91 Å². The smallest absolute Gasteiger partial charge is 0.283 e. The van der Waals surface area contributed by atoms with Gasteiger partial charge in [0.15, 0.2) is 17.3 Å². The van der Waals surface area contributed by atoms with Gasteiger partial charge in [0.05, 0.1) is 17.2 Å². The van der Waals surface area contributed by atoms with Gasteiger partial charge in [-0.15, -0.1) is 0 Å². The van der Waals surface area contributed by atoms with E-state index in [1.54, 1.807) is 19.3 Å². The third kappa shape index (κ3) is 4.84. The zero-order valence-electron chi connectivity index (χ0n) is 19.5. The molecule has 0 bridgehead atoms. The van der Waals surface area contributed by atoms with Crippen molar-refractivity contribution in [3.63, 3.8) is 0 Å². The van der Waals surface area contributed by atoms with Gasteiger partial charge in [0.1, 0.15) is 11.7 Å². The number of aliphatic imine (C=N–C) groups is 1. The number of fused-ring (bicyclic) bond motifs is 1. The van der Waals surface area contributed by atoms with E-state index >= 15 is 0 Å². The molecule has 0 spiro atoms. The molecule has 180 valence electrons. The summed E-state index contributed by atoms with van der Waals surface area (Å²) in [6.07, 6.45) is 1.61. The molecule has 1 N–H and O–H groups in total. The van der Waals surface area contributed by atoms with Gasteiger partial charge in [-0.2, -0.15) is 15.1 Å². The average Bonchev–Trinajstić information content (AvgIpc) is 3.30. The highest BCUT2D eigenvalue weighted by Crippen LogP contribution is 2.38. The van der Waals surface area contributed by atoms with Crippen LogP contribution in [0, 0.1) is 12.3 Å². The van der Waals surface area contributed by atoms with Gasteiger partial charge in [0.2, 0.25) is 5.17 Å². The first-order valence-electron chi connectivity index (χ1n) is 11.0. The van der Waals surface area contributed by atoms with Gasteiger partial charge in [-0.05, 0) is 64.0 Å². The summed E-state index contributed by atoms with van der Waals surface area (Å²) in [5, 5.41) is 15.7. The second kappa shape index (κ2) is 10.1. The first kappa shape index (κ1) is 24.0. The maximum atomic E-state index is 12.9. The van der Waals surface area contributed by atoms with E-state index in [9.17, 15) is 4.79 Å². The molecule has 3 aromatic rings. The minimum absolute atomic E-state index is 0.0286. The molecule has 0 aliphatic carbocycles. The fraction of sp³-hybridized carbons (Fsp3) is 0.111. The molecule has 0 aromatic heterocycles. The molecule has 0 radical (unpaired) electrons. The fourth-order valence-electron chi connectivity index (χ4n) is 3.66. The van der Waals surface area contributed by atoms with Crippen LogP contribution in [-0.2, 0) is 11.4 Å². The molecule has 0 unspecified atom stereocenters. The summed E-state index contributed by atoms with van der Waals surface area (Å²) in [5.74, 6) is 0.539. The van der Waals surface area contributed by atoms with E-state index in [0.29, 0.717) is 38.4 Å². The predicted octanol–water partition coefficient (Wildman–Crippen LogP) is 6.01. The van der Waals surface area contributed by atoms with Gasteiger partial charge in [0, 0.05) is 5.56 Å². The largest absolute Gasteiger partial charge is 0.493 e. The van der Waals surface area contributed by atoms with Crippen LogP contribution in [0.1, 0.15) is 22.3 Å². The van der Waals surface area contributed by atoms with Crippen LogP contribution in [0.25, 0.3) is 6.08 Å². The molecular weight excluding hydrogens is 540 g/mol. The molecule has 0 saturated carbocycles. The Morgan fingerprint density at radius 1 is 1.11 bits per heavy atom. The van der Waals surface area contributed by atoms with Crippen LogP contribution in [0.3, 0.4) is 0 Å². The number of halogens is 1. The van der Waals surface area contributed by atoms with Crippen molar-refractivity contribution < 1.29 is 14.3 Å². The number of hydrogen-bond acceptors (Lipinski definition) is 6. The molecule has 1 amide bonds. The third-order valence-electron chi connectivity index (χ3n) is 5.54. The predicted molar refractivity (Wildman–Crippen MR) is 147 cm³/mol. The quantitative estimate of drug-likeness (QED) is 0.373. The number of ether oxygens (including phenoxy) is 2. The highest BCUT2D eigenvalue weighted by atomic mass is 79.9. The first-order valence-corrected chi connectivity index (χ1v) is 12.7. The topological polar surface area (TPSA) is 87.3 Å². The molecule has 7 nitrogen and oxygen atoms in total. The number of thioether (sulfide) groups is 1. The molecule has 2 aliphatic rings. The minimum Gasteiger partial charge on any atom is -0.493 e. The van der Waals surface area contributed by atoms with Crippen molar-refractivity contribution in [2.45, 2.75) is 13.5 Å². The highest BCUT2D eigenvalue weighted by Gasteiger charge is 2.36. The fourth-order valence-corrected chi connectivity index (χ4v) is 5.14. The summed E-state index contributed by atoms with van der Waals surface area (Å²) < 4.78 is 12.2. The van der Waals surface area contributed by atoms with Crippen LogP contribution in [0.15, 0.2) is 86.9 Å². The van der Waals surface area contributed by atoms with Crippen molar-refractivity contribution in [1.82, 2.24) is 5.01 Å². The number of amides is 1. The Morgan fingerprint density at radius 3 is 2.58 bits per heavy atom. The number of carbonyl (C=O) groups excluding carboxylic acids is 1. The van der Waals surface area contributed by atoms with Crippen molar-refractivity contribution in [2.75, 3.05) is 7.11 Å². The van der Waals surface area contributed by atoms with Gasteiger partial charge in [-0.25, -0.2) is 0 Å². The lowest BCUT2D eigenvalue weighted by atomic mass is 10.1. The highest BCUT2D eigenvalue weighted by molar-refractivity contribution is 9.10. The number of hydrazone groups is 1. The molecule has 36 heavy (non-hydrogen) atoms. The molecule has 5 rings (SSSR count). The number of aryl methyl sites for hydroxylation is 1. The number of carbonyl (C=O) groups is 1. The number of nitrogens with one attached hydrogen (secondary N) is 1. The van der Waals surface area contributed by atoms with Crippen LogP contribution in [0.4, 0.5) is 0 Å². The molecule has 0 atom stereocenters. The number of nitrogens with zero attached hydrogens (tertiary/aromatic N) is 3. The Bertz CT molecular complexity index is 1450. The Kier molecular flexibility index (Phi) is 6.75. The van der Waals surface area contributed by atoms with Crippen LogP contribution < -0.4 is 9.47 Å². The SMILES string of the molecule is COc1cc(/C=C2/C(=N)N3N=C(c4ccc(C)cc4)SC3=NC2=O)cc(Br)c1OCc1ccccc1. The minimum atomic E-state index is -0.487. The third-order valence-corrected chi connectivity index (χ3v) is 7.09. The maximum Gasteiger partial charge on any atom is 0.283 e. The zero-order valence-corrected chi connectivity index (χ0v) is 21.9. The van der Waals surface area contributed by atoms with E-state index in [2.05, 4.69) is 26.0 Å². The van der Waals surface area contributed by atoms with Crippen molar-refractivity contribution in [3.8, 4) is 11.5 Å². The Balaban J connectivity index is 1.41. The molecule has 0 fully saturated rings. The molecule has 0 saturated heterocycles. The lowest BCUT2D eigenvalue weighted by Gasteiger charge is -2.20. The Morgan fingerprint density at radius 2 is 1.86 bits per heavy atom. The summed E-state index contributed by atoms with van der Waals surface area (Å²) in [6, 6.07) is 21.3. The second-order valence-electron chi connectivity index (χ2n) is 8.10. The molecule has 2 aliphatic heterocycles. The van der Waals surface area contributed by atoms with E-state index < -0.39 is 5.91 Å². The van der Waals surface area contributed by atoms with Gasteiger partial charge in [-0.3, -0.25) is 10.2 Å². The monoisotopic (exact) mass is 560 g/mol. The summed E-state index contributed by atoms with van der Waals surface area (Å²) in [6.45, 7) is 2.40. The number of hydrogen-bond donors (Lipinski definition) is 1. The molecule has 2 heterocycles. The lowest BCUT2D eigenvalue weighted by molar-refractivity contribution is -0.114. The van der Waals surface area contributed by atoms with E-state index in [-0.39, 0.29) is 11.4 Å². The van der Waals surface area contributed by atoms with Crippen LogP contribution in [-0.4, -0.2) is 34.1 Å². The second-order valence-corrected chi connectivity index (χ2v) is 9.91. The van der Waals surface area contributed by atoms with E-state index in [4.69, 9.17) is 14.9 Å². The zero-order chi connectivity index (χ0) is 25.2. The van der Waals surface area contributed by atoms with Crippen LogP contribution in [0.5, 0.6) is 11.5 Å². The van der Waals surface area contributed by atoms with Crippen molar-refractivity contribution >= 4 is 55.7 Å². The molecular formula is C27H21BrN4O3S. The maximum absolute atomic E-state index is 12.9. The number of methoxy groups -OCH3 is 1. The van der Waals surface area contributed by atoms with Gasteiger partial charge < -0.3 is 9.47 Å². The first-order chi connectivity index (χ1) is 17.4. The van der Waals surface area contributed by atoms with Gasteiger partial charge >= 0.3 is 0 Å². The summed E-state index contributed by atoms with van der Waals surface area (Å²) in [4.78, 5) is 17.0. The molecule has 3 aromatic carbocycles. The Hall–Kier alpha value is -3.69. The van der Waals surface area contributed by atoms with Crippen LogP contribution >= 0.6 is 27.7 Å². The number of amidine groups is 2. The van der Waals surface area contributed by atoms with E-state index in [1.807, 2.05) is 67.6 Å². The van der Waals surface area contributed by atoms with Gasteiger partial charge in [-0.1, -0.05) is 60.2 Å². The number of benzene rings is 3.